The summed E-state index contributed by atoms with van der Waals surface area (Å²) in [6, 6.07) is 7.18. The molecule has 0 saturated heterocycles. The second kappa shape index (κ2) is 6.71. The number of rotatable bonds is 4. The van der Waals surface area contributed by atoms with Crippen molar-refractivity contribution in [2.24, 2.45) is 11.7 Å². The molecule has 2 unspecified atom stereocenters. The third-order valence-corrected chi connectivity index (χ3v) is 4.33. The Balaban J connectivity index is 2.37. The predicted molar refractivity (Wildman–Crippen MR) is 78.9 cm³/mol. The first-order valence-electron chi connectivity index (χ1n) is 7.38. The van der Waals surface area contributed by atoms with Gasteiger partial charge >= 0.3 is 0 Å². The van der Waals surface area contributed by atoms with Gasteiger partial charge in [-0.05, 0) is 44.4 Å². The summed E-state index contributed by atoms with van der Waals surface area (Å²) >= 11 is 0. The van der Waals surface area contributed by atoms with E-state index in [0.29, 0.717) is 24.2 Å². The lowest BCUT2D eigenvalue weighted by Crippen LogP contribution is -2.45. The molecule has 0 heterocycles. The zero-order valence-electron chi connectivity index (χ0n) is 12.0. The maximum absolute atomic E-state index is 13.8. The number of benzene rings is 1. The van der Waals surface area contributed by atoms with Crippen LogP contribution >= 0.6 is 0 Å². The van der Waals surface area contributed by atoms with E-state index in [4.69, 9.17) is 5.73 Å². The highest BCUT2D eigenvalue weighted by molar-refractivity contribution is 5.60. The van der Waals surface area contributed by atoms with Crippen LogP contribution in [0.2, 0.25) is 0 Å². The summed E-state index contributed by atoms with van der Waals surface area (Å²) < 4.78 is 13.8. The highest BCUT2D eigenvalue weighted by Crippen LogP contribution is 2.33. The molecule has 108 valence electrons. The third-order valence-electron chi connectivity index (χ3n) is 4.33. The maximum Gasteiger partial charge on any atom is 0.143 e. The first-order valence-corrected chi connectivity index (χ1v) is 7.38. The van der Waals surface area contributed by atoms with E-state index in [2.05, 4.69) is 4.90 Å². The summed E-state index contributed by atoms with van der Waals surface area (Å²) in [5.74, 6) is -0.0120. The van der Waals surface area contributed by atoms with Crippen LogP contribution < -0.4 is 10.6 Å². The molecular formula is C16H22FN3. The molecule has 0 amide bonds. The predicted octanol–water partition coefficient (Wildman–Crippen LogP) is 3.04. The number of nitrogens with zero attached hydrogens (tertiary/aromatic N) is 2. The average Bonchev–Trinajstić information content (AvgIpc) is 2.49. The van der Waals surface area contributed by atoms with Crippen LogP contribution in [0.3, 0.4) is 0 Å². The van der Waals surface area contributed by atoms with Crippen LogP contribution in [-0.4, -0.2) is 19.1 Å². The molecule has 0 aromatic heterocycles. The average molecular weight is 275 g/mol. The Morgan fingerprint density at radius 3 is 2.80 bits per heavy atom. The van der Waals surface area contributed by atoms with Gasteiger partial charge in [0.05, 0.1) is 5.69 Å². The normalized spacial score (nSPS) is 22.3. The first-order chi connectivity index (χ1) is 9.72. The second-order valence-corrected chi connectivity index (χ2v) is 5.38. The van der Waals surface area contributed by atoms with E-state index in [9.17, 15) is 9.65 Å². The van der Waals surface area contributed by atoms with E-state index in [1.807, 2.05) is 19.1 Å². The monoisotopic (exact) mass is 275 g/mol. The molecule has 0 spiro atoms. The summed E-state index contributed by atoms with van der Waals surface area (Å²) in [6.07, 6.45) is 4.57. The van der Waals surface area contributed by atoms with E-state index in [1.165, 1.54) is 18.9 Å². The highest BCUT2D eigenvalue weighted by atomic mass is 19.1. The largest absolute Gasteiger partial charge is 0.367 e. The lowest BCUT2D eigenvalue weighted by molar-refractivity contribution is 0.300. The van der Waals surface area contributed by atoms with Gasteiger partial charge in [0.15, 0.2) is 0 Å². The van der Waals surface area contributed by atoms with Crippen molar-refractivity contribution >= 4 is 5.69 Å². The van der Waals surface area contributed by atoms with Gasteiger partial charge in [0.25, 0.3) is 0 Å². The van der Waals surface area contributed by atoms with Crippen molar-refractivity contribution in [2.75, 3.05) is 18.0 Å². The Morgan fingerprint density at radius 1 is 1.40 bits per heavy atom. The molecule has 0 radical (unpaired) electrons. The minimum absolute atomic E-state index is 0.149. The smallest absolute Gasteiger partial charge is 0.143 e. The summed E-state index contributed by atoms with van der Waals surface area (Å²) in [4.78, 5) is 2.16. The first kappa shape index (κ1) is 14.8. The Labute approximate surface area is 120 Å². The summed E-state index contributed by atoms with van der Waals surface area (Å²) in [5.41, 5.74) is 6.76. The van der Waals surface area contributed by atoms with Crippen molar-refractivity contribution in [3.63, 3.8) is 0 Å². The van der Waals surface area contributed by atoms with Crippen molar-refractivity contribution in [1.29, 1.82) is 5.26 Å². The number of hydrogen-bond acceptors (Lipinski definition) is 3. The van der Waals surface area contributed by atoms with E-state index in [1.54, 1.807) is 6.07 Å². The standard InChI is InChI=1S/C16H22FN3/c1-2-20(15-8-4-3-6-12(15)10-18)16-9-5-7-14(17)13(16)11-19/h5,7,9,12,15H,2-4,6,8,10,18H2,1H3. The molecule has 20 heavy (non-hydrogen) atoms. The SMILES string of the molecule is CCN(c1cccc(F)c1C#N)C1CCCCC1CN. The Hall–Kier alpha value is -1.60. The lowest BCUT2D eigenvalue weighted by atomic mass is 9.83. The van der Waals surface area contributed by atoms with Gasteiger partial charge < -0.3 is 10.6 Å². The topological polar surface area (TPSA) is 53.0 Å². The number of nitrogens with two attached hydrogens (primary N) is 1. The molecule has 1 aromatic carbocycles. The number of hydrogen-bond donors (Lipinski definition) is 1. The molecular weight excluding hydrogens is 253 g/mol. The molecule has 1 fully saturated rings. The summed E-state index contributed by atoms with van der Waals surface area (Å²) in [7, 11) is 0. The van der Waals surface area contributed by atoms with Crippen molar-refractivity contribution in [3.05, 3.63) is 29.6 Å². The van der Waals surface area contributed by atoms with Crippen LogP contribution in [0.4, 0.5) is 10.1 Å². The Kier molecular flexibility index (Phi) is 4.97. The van der Waals surface area contributed by atoms with Crippen molar-refractivity contribution < 1.29 is 4.39 Å². The van der Waals surface area contributed by atoms with Crippen molar-refractivity contribution in [2.45, 2.75) is 38.6 Å². The fourth-order valence-electron chi connectivity index (χ4n) is 3.32. The van der Waals surface area contributed by atoms with E-state index in [-0.39, 0.29) is 5.56 Å². The van der Waals surface area contributed by atoms with Gasteiger partial charge in [-0.1, -0.05) is 18.9 Å². The van der Waals surface area contributed by atoms with Gasteiger partial charge in [-0.2, -0.15) is 5.26 Å². The molecule has 1 aromatic rings. The van der Waals surface area contributed by atoms with Crippen LogP contribution in [0.5, 0.6) is 0 Å². The molecule has 4 heteroatoms. The van der Waals surface area contributed by atoms with Crippen LogP contribution in [0, 0.1) is 23.1 Å². The van der Waals surface area contributed by atoms with Crippen LogP contribution in [-0.2, 0) is 0 Å². The van der Waals surface area contributed by atoms with Gasteiger partial charge in [-0.15, -0.1) is 0 Å². The lowest BCUT2D eigenvalue weighted by Gasteiger charge is -2.41. The molecule has 1 aliphatic carbocycles. The fourth-order valence-corrected chi connectivity index (χ4v) is 3.32. The fraction of sp³-hybridized carbons (Fsp3) is 0.562. The molecule has 2 rings (SSSR count). The van der Waals surface area contributed by atoms with Gasteiger partial charge in [-0.25, -0.2) is 4.39 Å². The van der Waals surface area contributed by atoms with Crippen LogP contribution in [0.1, 0.15) is 38.2 Å². The van der Waals surface area contributed by atoms with Gasteiger partial charge in [0.1, 0.15) is 17.4 Å². The minimum atomic E-state index is -0.441. The van der Waals surface area contributed by atoms with Crippen LogP contribution in [0.25, 0.3) is 0 Å². The van der Waals surface area contributed by atoms with Gasteiger partial charge in [0.2, 0.25) is 0 Å². The summed E-state index contributed by atoms with van der Waals surface area (Å²) in [6.45, 7) is 3.46. The van der Waals surface area contributed by atoms with E-state index < -0.39 is 5.82 Å². The quantitative estimate of drug-likeness (QED) is 0.919. The number of anilines is 1. The van der Waals surface area contributed by atoms with Crippen molar-refractivity contribution in [3.8, 4) is 6.07 Å². The second-order valence-electron chi connectivity index (χ2n) is 5.38. The molecule has 1 aliphatic rings. The molecule has 2 atom stereocenters. The highest BCUT2D eigenvalue weighted by Gasteiger charge is 2.30. The molecule has 1 saturated carbocycles. The number of nitriles is 1. The Bertz CT molecular complexity index is 495. The van der Waals surface area contributed by atoms with E-state index >= 15 is 0 Å². The molecule has 3 nitrogen and oxygen atoms in total. The van der Waals surface area contributed by atoms with E-state index in [0.717, 1.165) is 19.4 Å². The zero-order chi connectivity index (χ0) is 14.5. The zero-order valence-corrected chi connectivity index (χ0v) is 12.0. The third kappa shape index (κ3) is 2.78. The Morgan fingerprint density at radius 2 is 2.15 bits per heavy atom. The van der Waals surface area contributed by atoms with Gasteiger partial charge in [-0.3, -0.25) is 0 Å². The molecule has 2 N–H and O–H groups in total. The molecule has 0 aliphatic heterocycles. The van der Waals surface area contributed by atoms with Crippen LogP contribution in [0.15, 0.2) is 18.2 Å². The maximum atomic E-state index is 13.8. The molecule has 0 bridgehead atoms. The van der Waals surface area contributed by atoms with Crippen molar-refractivity contribution in [1.82, 2.24) is 0 Å². The number of halogens is 1. The minimum Gasteiger partial charge on any atom is -0.367 e. The van der Waals surface area contributed by atoms with Gasteiger partial charge in [0, 0.05) is 12.6 Å². The summed E-state index contributed by atoms with van der Waals surface area (Å²) in [5, 5.41) is 9.22.